The molecule has 0 aliphatic rings. The van der Waals surface area contributed by atoms with Crippen LogP contribution in [0.4, 0.5) is 5.82 Å². The van der Waals surface area contributed by atoms with Crippen LogP contribution >= 0.6 is 11.6 Å². The average molecular weight is 304 g/mol. The van der Waals surface area contributed by atoms with Gasteiger partial charge in [-0.2, -0.15) is 9.57 Å². The molecule has 1 heterocycles. The van der Waals surface area contributed by atoms with Gasteiger partial charge in [0.15, 0.2) is 5.82 Å². The number of halogens is 1. The number of nitrogen functional groups attached to an aromatic ring is 1. The predicted octanol–water partition coefficient (Wildman–Crippen LogP) is 0.801. The van der Waals surface area contributed by atoms with Crippen molar-refractivity contribution < 1.29 is 8.42 Å². The van der Waals surface area contributed by atoms with Gasteiger partial charge in [0, 0.05) is 19.8 Å². The van der Waals surface area contributed by atoms with Crippen molar-refractivity contribution in [2.24, 2.45) is 11.8 Å². The lowest BCUT2D eigenvalue weighted by molar-refractivity contribution is 0.439. The van der Waals surface area contributed by atoms with Crippen LogP contribution in [0.25, 0.3) is 0 Å². The SMILES string of the molecule is CC(C#N)CN(C)S(=O)(=O)c1cnc(NN)c(Cl)c1. The molecule has 7 nitrogen and oxygen atoms in total. The highest BCUT2D eigenvalue weighted by Gasteiger charge is 2.23. The molecule has 1 aromatic rings. The zero-order valence-electron chi connectivity index (χ0n) is 10.5. The number of rotatable bonds is 5. The summed E-state index contributed by atoms with van der Waals surface area (Å²) in [5, 5.41) is 8.81. The standard InChI is InChI=1S/C10H14ClN5O2S/c1-7(4-12)6-16(2)19(17,18)8-3-9(11)10(15-13)14-5-8/h3,5,7H,6,13H2,1-2H3,(H,14,15). The molecule has 0 saturated carbocycles. The van der Waals surface area contributed by atoms with E-state index in [1.807, 2.05) is 6.07 Å². The number of hydrazine groups is 1. The minimum Gasteiger partial charge on any atom is -0.307 e. The summed E-state index contributed by atoms with van der Waals surface area (Å²) in [5.41, 5.74) is 2.25. The fourth-order valence-electron chi connectivity index (χ4n) is 1.37. The first-order valence-corrected chi connectivity index (χ1v) is 7.12. The molecule has 0 saturated heterocycles. The molecule has 1 aromatic heterocycles. The van der Waals surface area contributed by atoms with Crippen LogP contribution in [0.2, 0.25) is 5.02 Å². The normalized spacial score (nSPS) is 13.1. The van der Waals surface area contributed by atoms with Crippen LogP contribution in [0.15, 0.2) is 17.2 Å². The number of sulfonamides is 1. The highest BCUT2D eigenvalue weighted by molar-refractivity contribution is 7.89. The van der Waals surface area contributed by atoms with Gasteiger partial charge < -0.3 is 5.43 Å². The van der Waals surface area contributed by atoms with Crippen LogP contribution in [0, 0.1) is 17.2 Å². The molecule has 0 amide bonds. The lowest BCUT2D eigenvalue weighted by atomic mass is 10.2. The highest BCUT2D eigenvalue weighted by Crippen LogP contribution is 2.23. The molecule has 0 fully saturated rings. The lowest BCUT2D eigenvalue weighted by Crippen LogP contribution is -2.31. The Morgan fingerprint density at radius 1 is 1.68 bits per heavy atom. The van der Waals surface area contributed by atoms with E-state index < -0.39 is 15.9 Å². The first kappa shape index (κ1) is 15.7. The summed E-state index contributed by atoms with van der Waals surface area (Å²) in [6.07, 6.45) is 1.16. The summed E-state index contributed by atoms with van der Waals surface area (Å²) in [6.45, 7) is 1.73. The monoisotopic (exact) mass is 303 g/mol. The van der Waals surface area contributed by atoms with Crippen molar-refractivity contribution in [1.29, 1.82) is 5.26 Å². The van der Waals surface area contributed by atoms with Crippen LogP contribution in [0.3, 0.4) is 0 Å². The fourth-order valence-corrected chi connectivity index (χ4v) is 2.89. The van der Waals surface area contributed by atoms with Gasteiger partial charge in [-0.3, -0.25) is 0 Å². The van der Waals surface area contributed by atoms with Gasteiger partial charge in [0.25, 0.3) is 0 Å². The molecule has 0 spiro atoms. The highest BCUT2D eigenvalue weighted by atomic mass is 35.5. The fraction of sp³-hybridized carbons (Fsp3) is 0.400. The number of hydrogen-bond donors (Lipinski definition) is 2. The van der Waals surface area contributed by atoms with Crippen molar-refractivity contribution >= 4 is 27.4 Å². The van der Waals surface area contributed by atoms with E-state index in [4.69, 9.17) is 22.7 Å². The Hall–Kier alpha value is -1.40. The molecule has 0 bridgehead atoms. The molecular weight excluding hydrogens is 290 g/mol. The van der Waals surface area contributed by atoms with Crippen molar-refractivity contribution in [2.75, 3.05) is 19.0 Å². The Morgan fingerprint density at radius 3 is 2.79 bits per heavy atom. The quantitative estimate of drug-likeness (QED) is 0.614. The van der Waals surface area contributed by atoms with E-state index in [1.54, 1.807) is 6.92 Å². The van der Waals surface area contributed by atoms with Gasteiger partial charge in [0.2, 0.25) is 10.0 Å². The Bertz CT molecular complexity index is 598. The van der Waals surface area contributed by atoms with Gasteiger partial charge in [-0.05, 0) is 13.0 Å². The van der Waals surface area contributed by atoms with E-state index in [9.17, 15) is 8.42 Å². The molecule has 3 N–H and O–H groups in total. The summed E-state index contributed by atoms with van der Waals surface area (Å²) in [6, 6.07) is 3.23. The summed E-state index contributed by atoms with van der Waals surface area (Å²) in [7, 11) is -2.33. The van der Waals surface area contributed by atoms with Gasteiger partial charge >= 0.3 is 0 Å². The molecule has 0 aromatic carbocycles. The second-order valence-electron chi connectivity index (χ2n) is 3.96. The number of anilines is 1. The smallest absolute Gasteiger partial charge is 0.244 e. The van der Waals surface area contributed by atoms with Crippen molar-refractivity contribution in [3.05, 3.63) is 17.3 Å². The minimum atomic E-state index is -3.72. The Balaban J connectivity index is 3.07. The van der Waals surface area contributed by atoms with E-state index in [0.29, 0.717) is 0 Å². The molecule has 19 heavy (non-hydrogen) atoms. The van der Waals surface area contributed by atoms with Crippen LogP contribution in [-0.4, -0.2) is 31.3 Å². The third-order valence-electron chi connectivity index (χ3n) is 2.41. The summed E-state index contributed by atoms with van der Waals surface area (Å²) >= 11 is 5.83. The number of nitrogens with two attached hydrogens (primary N) is 1. The molecule has 0 aliphatic carbocycles. The van der Waals surface area contributed by atoms with Crippen LogP contribution < -0.4 is 11.3 Å². The molecule has 0 aliphatic heterocycles. The van der Waals surface area contributed by atoms with Gasteiger partial charge in [0.1, 0.15) is 4.90 Å². The number of aromatic nitrogens is 1. The van der Waals surface area contributed by atoms with Gasteiger partial charge in [0.05, 0.1) is 17.0 Å². The Morgan fingerprint density at radius 2 is 2.32 bits per heavy atom. The lowest BCUT2D eigenvalue weighted by Gasteiger charge is -2.18. The van der Waals surface area contributed by atoms with E-state index in [0.717, 1.165) is 10.5 Å². The van der Waals surface area contributed by atoms with Gasteiger partial charge in [-0.15, -0.1) is 0 Å². The number of pyridine rings is 1. The maximum Gasteiger partial charge on any atom is 0.244 e. The second-order valence-corrected chi connectivity index (χ2v) is 6.41. The predicted molar refractivity (Wildman–Crippen MR) is 71.6 cm³/mol. The number of hydrogen-bond acceptors (Lipinski definition) is 6. The molecule has 0 radical (unpaired) electrons. The zero-order chi connectivity index (χ0) is 14.6. The van der Waals surface area contributed by atoms with Crippen LogP contribution in [0.5, 0.6) is 0 Å². The van der Waals surface area contributed by atoms with Gasteiger partial charge in [-0.1, -0.05) is 11.6 Å². The van der Waals surface area contributed by atoms with Crippen LogP contribution in [-0.2, 0) is 10.0 Å². The number of nitrogens with one attached hydrogen (secondary N) is 1. The maximum atomic E-state index is 12.2. The van der Waals surface area contributed by atoms with Gasteiger partial charge in [-0.25, -0.2) is 19.2 Å². The average Bonchev–Trinajstić information content (AvgIpc) is 2.38. The van der Waals surface area contributed by atoms with E-state index in [-0.39, 0.29) is 22.3 Å². The molecule has 9 heteroatoms. The minimum absolute atomic E-state index is 0.0517. The van der Waals surface area contributed by atoms with Crippen molar-refractivity contribution in [3.8, 4) is 6.07 Å². The third kappa shape index (κ3) is 3.54. The van der Waals surface area contributed by atoms with Crippen molar-refractivity contribution in [2.45, 2.75) is 11.8 Å². The molecule has 1 rings (SSSR count). The second kappa shape index (κ2) is 6.16. The Kier molecular flexibility index (Phi) is 5.08. The zero-order valence-corrected chi connectivity index (χ0v) is 12.0. The molecule has 1 unspecified atom stereocenters. The third-order valence-corrected chi connectivity index (χ3v) is 4.49. The van der Waals surface area contributed by atoms with Crippen molar-refractivity contribution in [1.82, 2.24) is 9.29 Å². The first-order valence-electron chi connectivity index (χ1n) is 5.31. The van der Waals surface area contributed by atoms with Crippen LogP contribution in [0.1, 0.15) is 6.92 Å². The summed E-state index contributed by atoms with van der Waals surface area (Å²) in [4.78, 5) is 3.75. The molecular formula is C10H14ClN5O2S. The van der Waals surface area contributed by atoms with E-state index >= 15 is 0 Å². The molecule has 104 valence electrons. The molecule has 1 atom stereocenters. The maximum absolute atomic E-state index is 12.2. The topological polar surface area (TPSA) is 112 Å². The number of nitrogens with zero attached hydrogens (tertiary/aromatic N) is 3. The first-order chi connectivity index (χ1) is 8.82. The largest absolute Gasteiger partial charge is 0.307 e. The summed E-state index contributed by atoms with van der Waals surface area (Å²) < 4.78 is 25.5. The van der Waals surface area contributed by atoms with E-state index in [1.165, 1.54) is 13.1 Å². The Labute approximate surface area is 117 Å². The van der Waals surface area contributed by atoms with E-state index in [2.05, 4.69) is 10.4 Å². The summed E-state index contributed by atoms with van der Waals surface area (Å²) in [5.74, 6) is 4.94. The number of nitriles is 1. The van der Waals surface area contributed by atoms with Crippen molar-refractivity contribution in [3.63, 3.8) is 0 Å².